The van der Waals surface area contributed by atoms with Gasteiger partial charge in [0.2, 0.25) is 4.73 Å². The average molecular weight is 357 g/mol. The summed E-state index contributed by atoms with van der Waals surface area (Å²) in [7, 11) is 0. The topological polar surface area (TPSA) is 30.7 Å². The Kier molecular flexibility index (Phi) is 3.26. The zero-order valence-corrected chi connectivity index (χ0v) is 11.5. The number of thiophene rings is 1. The van der Waals surface area contributed by atoms with Crippen molar-refractivity contribution in [1.82, 2.24) is 14.8 Å². The Bertz CT molecular complexity index is 453. The van der Waals surface area contributed by atoms with Gasteiger partial charge in [-0.05, 0) is 48.9 Å². The van der Waals surface area contributed by atoms with Crippen LogP contribution in [-0.4, -0.2) is 14.8 Å². The minimum Gasteiger partial charge on any atom is -0.235 e. The third-order valence-electron chi connectivity index (χ3n) is 1.55. The maximum absolute atomic E-state index is 5.82. The summed E-state index contributed by atoms with van der Waals surface area (Å²) in [5, 5.41) is 6.16. The Balaban J connectivity index is 2.22. The molecule has 0 aliphatic carbocycles. The summed E-state index contributed by atoms with van der Waals surface area (Å²) < 4.78 is 3.82. The molecule has 0 saturated carbocycles. The molecule has 2 heterocycles. The Hall–Kier alpha value is 0.0900. The molecule has 3 nitrogen and oxygen atoms in total. The molecule has 7 heteroatoms. The summed E-state index contributed by atoms with van der Waals surface area (Å²) in [4.78, 5) is 4.07. The smallest absolute Gasteiger partial charge is 0.218 e. The van der Waals surface area contributed by atoms with E-state index in [9.17, 15) is 0 Å². The van der Waals surface area contributed by atoms with E-state index in [-0.39, 0.29) is 0 Å². The Morgan fingerprint density at radius 2 is 2.29 bits per heavy atom. The molecule has 0 saturated heterocycles. The number of hydrogen-bond acceptors (Lipinski definition) is 3. The summed E-state index contributed by atoms with van der Waals surface area (Å²) >= 11 is 13.9. The fraction of sp³-hybridized carbons (Fsp3) is 0.143. The lowest BCUT2D eigenvalue weighted by Gasteiger charge is -1.97. The van der Waals surface area contributed by atoms with E-state index in [1.165, 1.54) is 11.3 Å². The third-order valence-corrected chi connectivity index (χ3v) is 3.62. The minimum absolute atomic E-state index is 0.575. The predicted molar refractivity (Wildman–Crippen MR) is 63.9 cm³/mol. The van der Waals surface area contributed by atoms with E-state index in [1.807, 2.05) is 11.4 Å². The molecule has 0 unspecified atom stereocenters. The van der Waals surface area contributed by atoms with Gasteiger partial charge in [-0.1, -0.05) is 11.6 Å². The van der Waals surface area contributed by atoms with Crippen LogP contribution in [0.2, 0.25) is 4.34 Å². The van der Waals surface area contributed by atoms with E-state index < -0.39 is 0 Å². The van der Waals surface area contributed by atoms with Crippen molar-refractivity contribution in [2.75, 3.05) is 0 Å². The van der Waals surface area contributed by atoms with Crippen LogP contribution in [0.25, 0.3) is 0 Å². The SMILES string of the molecule is Clc1cc(Cn2nc(Br)nc2Br)cs1. The van der Waals surface area contributed by atoms with Crippen LogP contribution in [0, 0.1) is 0 Å². The zero-order chi connectivity index (χ0) is 10.1. The zero-order valence-electron chi connectivity index (χ0n) is 6.75. The molecule has 2 aromatic rings. The lowest BCUT2D eigenvalue weighted by molar-refractivity contribution is 0.666. The van der Waals surface area contributed by atoms with Crippen molar-refractivity contribution < 1.29 is 0 Å². The van der Waals surface area contributed by atoms with Crippen molar-refractivity contribution in [2.45, 2.75) is 6.54 Å². The molecule has 0 aromatic carbocycles. The lowest BCUT2D eigenvalue weighted by Crippen LogP contribution is -2.00. The highest BCUT2D eigenvalue weighted by Gasteiger charge is 2.06. The number of rotatable bonds is 2. The van der Waals surface area contributed by atoms with Crippen LogP contribution < -0.4 is 0 Å². The molecular formula is C7H4Br2ClN3S. The predicted octanol–water partition coefficient (Wildman–Crippen LogP) is 3.57. The summed E-state index contributed by atoms with van der Waals surface area (Å²) in [5.74, 6) is 0. The van der Waals surface area contributed by atoms with E-state index in [4.69, 9.17) is 11.6 Å². The molecule has 0 atom stereocenters. The Morgan fingerprint density at radius 1 is 1.50 bits per heavy atom. The Morgan fingerprint density at radius 3 is 2.79 bits per heavy atom. The number of aromatic nitrogens is 3. The van der Waals surface area contributed by atoms with E-state index in [2.05, 4.69) is 41.9 Å². The number of hydrogen-bond donors (Lipinski definition) is 0. The second-order valence-corrected chi connectivity index (χ2v) is 5.53. The van der Waals surface area contributed by atoms with Crippen molar-refractivity contribution >= 4 is 54.8 Å². The minimum atomic E-state index is 0.575. The van der Waals surface area contributed by atoms with Crippen LogP contribution in [0.15, 0.2) is 20.9 Å². The molecule has 0 N–H and O–H groups in total. The molecule has 0 radical (unpaired) electrons. The van der Waals surface area contributed by atoms with E-state index in [0.29, 0.717) is 16.0 Å². The molecule has 0 spiro atoms. The lowest BCUT2D eigenvalue weighted by atomic mass is 10.3. The van der Waals surface area contributed by atoms with Gasteiger partial charge in [0.15, 0.2) is 4.73 Å². The first-order chi connectivity index (χ1) is 6.65. The highest BCUT2D eigenvalue weighted by Crippen LogP contribution is 2.21. The maximum Gasteiger partial charge on any atom is 0.218 e. The molecule has 0 aliphatic rings. The summed E-state index contributed by atoms with van der Waals surface area (Å²) in [6.45, 7) is 0.669. The Labute approximate surface area is 106 Å². The van der Waals surface area contributed by atoms with Gasteiger partial charge in [0, 0.05) is 0 Å². The fourth-order valence-corrected chi connectivity index (χ4v) is 2.87. The number of nitrogens with zero attached hydrogens (tertiary/aromatic N) is 3. The van der Waals surface area contributed by atoms with E-state index >= 15 is 0 Å². The van der Waals surface area contributed by atoms with Crippen molar-refractivity contribution in [3.05, 3.63) is 30.8 Å². The van der Waals surface area contributed by atoms with Gasteiger partial charge in [-0.15, -0.1) is 16.4 Å². The van der Waals surface area contributed by atoms with Gasteiger partial charge in [0.05, 0.1) is 10.9 Å². The highest BCUT2D eigenvalue weighted by atomic mass is 79.9. The van der Waals surface area contributed by atoms with Crippen LogP contribution in [0.1, 0.15) is 5.56 Å². The van der Waals surface area contributed by atoms with Gasteiger partial charge in [-0.3, -0.25) is 0 Å². The van der Waals surface area contributed by atoms with Crippen LogP contribution in [0.3, 0.4) is 0 Å². The van der Waals surface area contributed by atoms with Gasteiger partial charge in [0.25, 0.3) is 0 Å². The van der Waals surface area contributed by atoms with Crippen molar-refractivity contribution in [3.63, 3.8) is 0 Å². The summed E-state index contributed by atoms with van der Waals surface area (Å²) in [6, 6.07) is 1.92. The standard InChI is InChI=1S/C7H4Br2ClN3S/c8-6-11-7(9)13(12-6)2-4-1-5(10)14-3-4/h1,3H,2H2. The molecule has 2 rings (SSSR count). The number of halogens is 3. The quantitative estimate of drug-likeness (QED) is 0.823. The molecule has 2 aromatic heterocycles. The van der Waals surface area contributed by atoms with Crippen molar-refractivity contribution in [2.24, 2.45) is 0 Å². The normalized spacial score (nSPS) is 10.8. The molecule has 0 fully saturated rings. The second kappa shape index (κ2) is 4.30. The second-order valence-electron chi connectivity index (χ2n) is 2.57. The van der Waals surface area contributed by atoms with Gasteiger partial charge in [-0.25, -0.2) is 4.68 Å². The van der Waals surface area contributed by atoms with Gasteiger partial charge in [0.1, 0.15) is 0 Å². The van der Waals surface area contributed by atoms with Gasteiger partial charge in [-0.2, -0.15) is 4.98 Å². The van der Waals surface area contributed by atoms with Crippen molar-refractivity contribution in [3.8, 4) is 0 Å². The van der Waals surface area contributed by atoms with E-state index in [1.54, 1.807) is 4.68 Å². The van der Waals surface area contributed by atoms with Crippen molar-refractivity contribution in [1.29, 1.82) is 0 Å². The average Bonchev–Trinajstić information content (AvgIpc) is 2.61. The van der Waals surface area contributed by atoms with Crippen LogP contribution >= 0.6 is 54.8 Å². The molecule has 0 amide bonds. The first-order valence-electron chi connectivity index (χ1n) is 3.64. The molecule has 0 bridgehead atoms. The largest absolute Gasteiger partial charge is 0.235 e. The van der Waals surface area contributed by atoms with E-state index in [0.717, 1.165) is 9.90 Å². The van der Waals surface area contributed by atoms with Crippen LogP contribution in [0.5, 0.6) is 0 Å². The van der Waals surface area contributed by atoms with Crippen LogP contribution in [-0.2, 0) is 6.54 Å². The van der Waals surface area contributed by atoms with Gasteiger partial charge < -0.3 is 0 Å². The maximum atomic E-state index is 5.82. The summed E-state index contributed by atoms with van der Waals surface area (Å²) in [6.07, 6.45) is 0. The third kappa shape index (κ3) is 2.36. The van der Waals surface area contributed by atoms with Crippen LogP contribution in [0.4, 0.5) is 0 Å². The van der Waals surface area contributed by atoms with Gasteiger partial charge >= 0.3 is 0 Å². The molecule has 0 aliphatic heterocycles. The first-order valence-corrected chi connectivity index (χ1v) is 6.48. The molecular weight excluding hydrogens is 353 g/mol. The highest BCUT2D eigenvalue weighted by molar-refractivity contribution is 9.11. The summed E-state index contributed by atoms with van der Waals surface area (Å²) in [5.41, 5.74) is 1.12. The molecule has 14 heavy (non-hydrogen) atoms. The monoisotopic (exact) mass is 355 g/mol. The first kappa shape index (κ1) is 10.6. The molecule has 74 valence electrons. The fourth-order valence-electron chi connectivity index (χ4n) is 0.999.